The van der Waals surface area contributed by atoms with E-state index in [0.29, 0.717) is 25.2 Å². The Labute approximate surface area is 112 Å². The van der Waals surface area contributed by atoms with Crippen LogP contribution < -0.4 is 0 Å². The van der Waals surface area contributed by atoms with Gasteiger partial charge in [-0.15, -0.1) is 0 Å². The Morgan fingerprint density at radius 3 is 2.84 bits per heavy atom. The standard InChI is InChI=1S/C14H17NO4/c1-17-13(15)12-7-10(8-18-12)9-19-14(16)11-5-3-2-4-6-11/h2-6,10,12,15H,7-9H2,1H3/t10-,12-/m1/s1. The van der Waals surface area contributed by atoms with Crippen molar-refractivity contribution in [2.75, 3.05) is 20.3 Å². The smallest absolute Gasteiger partial charge is 0.338 e. The van der Waals surface area contributed by atoms with Gasteiger partial charge in [0.25, 0.3) is 0 Å². The van der Waals surface area contributed by atoms with Crippen molar-refractivity contribution in [1.82, 2.24) is 0 Å². The third-order valence-electron chi connectivity index (χ3n) is 3.05. The summed E-state index contributed by atoms with van der Waals surface area (Å²) in [4.78, 5) is 11.7. The maximum absolute atomic E-state index is 11.7. The highest BCUT2D eigenvalue weighted by atomic mass is 16.5. The monoisotopic (exact) mass is 263 g/mol. The Hall–Kier alpha value is -1.88. The van der Waals surface area contributed by atoms with Gasteiger partial charge in [-0.1, -0.05) is 18.2 Å². The van der Waals surface area contributed by atoms with Crippen LogP contribution in [0.3, 0.4) is 0 Å². The van der Waals surface area contributed by atoms with Gasteiger partial charge in [0, 0.05) is 5.92 Å². The van der Waals surface area contributed by atoms with Crippen LogP contribution in [0.25, 0.3) is 0 Å². The Balaban J connectivity index is 1.78. The maximum atomic E-state index is 11.7. The second-order valence-corrected chi connectivity index (χ2v) is 4.46. The highest BCUT2D eigenvalue weighted by Gasteiger charge is 2.30. The molecule has 0 aliphatic carbocycles. The number of ether oxygens (including phenoxy) is 3. The van der Waals surface area contributed by atoms with Crippen molar-refractivity contribution in [2.24, 2.45) is 5.92 Å². The molecule has 1 aliphatic heterocycles. The first-order valence-electron chi connectivity index (χ1n) is 6.17. The number of carbonyl (C=O) groups is 1. The summed E-state index contributed by atoms with van der Waals surface area (Å²) in [5, 5.41) is 7.52. The first-order valence-corrected chi connectivity index (χ1v) is 6.17. The number of benzene rings is 1. The first-order chi connectivity index (χ1) is 9.20. The molecule has 1 N–H and O–H groups in total. The van der Waals surface area contributed by atoms with E-state index in [2.05, 4.69) is 0 Å². The number of rotatable bonds is 4. The van der Waals surface area contributed by atoms with E-state index in [1.807, 2.05) is 6.07 Å². The number of hydrogen-bond acceptors (Lipinski definition) is 5. The summed E-state index contributed by atoms with van der Waals surface area (Å²) in [5.41, 5.74) is 0.544. The van der Waals surface area contributed by atoms with Crippen LogP contribution in [0.4, 0.5) is 0 Å². The van der Waals surface area contributed by atoms with E-state index in [-0.39, 0.29) is 23.9 Å². The molecular formula is C14H17NO4. The molecule has 0 spiro atoms. The molecule has 1 aromatic carbocycles. The van der Waals surface area contributed by atoms with Gasteiger partial charge >= 0.3 is 5.97 Å². The van der Waals surface area contributed by atoms with E-state index in [4.69, 9.17) is 19.6 Å². The van der Waals surface area contributed by atoms with Crippen molar-refractivity contribution >= 4 is 11.9 Å². The minimum Gasteiger partial charge on any atom is -0.483 e. The Kier molecular flexibility index (Phi) is 4.52. The van der Waals surface area contributed by atoms with Gasteiger partial charge in [-0.05, 0) is 18.6 Å². The van der Waals surface area contributed by atoms with E-state index in [9.17, 15) is 4.79 Å². The second kappa shape index (κ2) is 6.33. The van der Waals surface area contributed by atoms with Crippen LogP contribution in [0.2, 0.25) is 0 Å². The van der Waals surface area contributed by atoms with Crippen molar-refractivity contribution in [3.05, 3.63) is 35.9 Å². The lowest BCUT2D eigenvalue weighted by Crippen LogP contribution is -2.20. The molecule has 2 rings (SSSR count). The molecular weight excluding hydrogens is 246 g/mol. The van der Waals surface area contributed by atoms with Gasteiger partial charge in [0.15, 0.2) is 0 Å². The number of nitrogens with one attached hydrogen (secondary N) is 1. The highest BCUT2D eigenvalue weighted by Crippen LogP contribution is 2.21. The molecule has 1 saturated heterocycles. The summed E-state index contributed by atoms with van der Waals surface area (Å²) in [6.45, 7) is 0.791. The van der Waals surface area contributed by atoms with Gasteiger partial charge in [-0.2, -0.15) is 0 Å². The fraction of sp³-hybridized carbons (Fsp3) is 0.429. The summed E-state index contributed by atoms with van der Waals surface area (Å²) in [6.07, 6.45) is 0.333. The molecule has 5 nitrogen and oxygen atoms in total. The average Bonchev–Trinajstić information content (AvgIpc) is 2.93. The molecule has 0 amide bonds. The summed E-state index contributed by atoms with van der Waals surface area (Å²) in [6, 6.07) is 8.88. The molecule has 0 aromatic heterocycles. The zero-order chi connectivity index (χ0) is 13.7. The normalized spacial score (nSPS) is 21.9. The lowest BCUT2D eigenvalue weighted by molar-refractivity contribution is 0.0425. The molecule has 102 valence electrons. The Morgan fingerprint density at radius 1 is 1.42 bits per heavy atom. The van der Waals surface area contributed by atoms with E-state index in [1.54, 1.807) is 24.3 Å². The molecule has 19 heavy (non-hydrogen) atoms. The minimum atomic E-state index is -0.328. The van der Waals surface area contributed by atoms with Crippen LogP contribution in [0.15, 0.2) is 30.3 Å². The molecule has 0 saturated carbocycles. The van der Waals surface area contributed by atoms with E-state index < -0.39 is 0 Å². The second-order valence-electron chi connectivity index (χ2n) is 4.46. The maximum Gasteiger partial charge on any atom is 0.338 e. The number of hydrogen-bond donors (Lipinski definition) is 1. The fourth-order valence-corrected chi connectivity index (χ4v) is 1.97. The Morgan fingerprint density at radius 2 is 2.16 bits per heavy atom. The molecule has 1 fully saturated rings. The van der Waals surface area contributed by atoms with Gasteiger partial charge in [-0.3, -0.25) is 5.41 Å². The van der Waals surface area contributed by atoms with Gasteiger partial charge in [0.2, 0.25) is 5.90 Å². The van der Waals surface area contributed by atoms with E-state index >= 15 is 0 Å². The van der Waals surface area contributed by atoms with Crippen LogP contribution in [0.5, 0.6) is 0 Å². The van der Waals surface area contributed by atoms with Crippen molar-refractivity contribution in [3.8, 4) is 0 Å². The van der Waals surface area contributed by atoms with Crippen molar-refractivity contribution in [2.45, 2.75) is 12.5 Å². The van der Waals surface area contributed by atoms with Gasteiger partial charge in [0.1, 0.15) is 6.10 Å². The van der Waals surface area contributed by atoms with Crippen LogP contribution in [-0.4, -0.2) is 38.3 Å². The molecule has 0 unspecified atom stereocenters. The summed E-state index contributed by atoms with van der Waals surface area (Å²) >= 11 is 0. The van der Waals surface area contributed by atoms with Gasteiger partial charge in [0.05, 0.1) is 25.9 Å². The molecule has 0 bridgehead atoms. The van der Waals surface area contributed by atoms with Crippen molar-refractivity contribution in [1.29, 1.82) is 5.41 Å². The highest BCUT2D eigenvalue weighted by molar-refractivity contribution is 5.89. The summed E-state index contributed by atoms with van der Waals surface area (Å²) in [7, 11) is 1.45. The molecule has 2 atom stereocenters. The van der Waals surface area contributed by atoms with Gasteiger partial charge < -0.3 is 14.2 Å². The molecule has 5 heteroatoms. The van der Waals surface area contributed by atoms with Crippen LogP contribution in [-0.2, 0) is 14.2 Å². The number of methoxy groups -OCH3 is 1. The lowest BCUT2D eigenvalue weighted by Gasteiger charge is -2.10. The number of esters is 1. The first kappa shape index (κ1) is 13.5. The predicted molar refractivity (Wildman–Crippen MR) is 69.3 cm³/mol. The topological polar surface area (TPSA) is 68.6 Å². The summed E-state index contributed by atoms with van der Waals surface area (Å²) in [5.74, 6) is -0.0871. The zero-order valence-corrected chi connectivity index (χ0v) is 10.8. The molecule has 1 aliphatic rings. The molecule has 1 heterocycles. The summed E-state index contributed by atoms with van der Waals surface area (Å²) < 4.78 is 15.5. The number of carbonyl (C=O) groups excluding carboxylic acids is 1. The SMILES string of the molecule is COC(=N)[C@H]1C[C@@H](COC(=O)c2ccccc2)CO1. The molecule has 0 radical (unpaired) electrons. The molecule has 1 aromatic rings. The third-order valence-corrected chi connectivity index (χ3v) is 3.05. The average molecular weight is 263 g/mol. The van der Waals surface area contributed by atoms with E-state index in [1.165, 1.54) is 7.11 Å². The van der Waals surface area contributed by atoms with Gasteiger partial charge in [-0.25, -0.2) is 4.79 Å². The van der Waals surface area contributed by atoms with Crippen LogP contribution >= 0.6 is 0 Å². The zero-order valence-electron chi connectivity index (χ0n) is 10.8. The van der Waals surface area contributed by atoms with Crippen LogP contribution in [0, 0.1) is 11.3 Å². The van der Waals surface area contributed by atoms with Crippen molar-refractivity contribution < 1.29 is 19.0 Å². The third kappa shape index (κ3) is 3.54. The van der Waals surface area contributed by atoms with Crippen LogP contribution in [0.1, 0.15) is 16.8 Å². The quantitative estimate of drug-likeness (QED) is 0.511. The van der Waals surface area contributed by atoms with Crippen molar-refractivity contribution in [3.63, 3.8) is 0 Å². The fourth-order valence-electron chi connectivity index (χ4n) is 1.97. The largest absolute Gasteiger partial charge is 0.483 e. The Bertz CT molecular complexity index is 446. The van der Waals surface area contributed by atoms with E-state index in [0.717, 1.165) is 0 Å². The lowest BCUT2D eigenvalue weighted by atomic mass is 10.1. The predicted octanol–water partition coefficient (Wildman–Crippen LogP) is 1.87. The minimum absolute atomic E-state index is 0.119.